The van der Waals surface area contributed by atoms with Crippen LogP contribution in [0.1, 0.15) is 57.1 Å². The van der Waals surface area contributed by atoms with Gasteiger partial charge in [0.1, 0.15) is 0 Å². The van der Waals surface area contributed by atoms with Crippen LogP contribution in [0.4, 0.5) is 0 Å². The van der Waals surface area contributed by atoms with Gasteiger partial charge in [0.2, 0.25) is 0 Å². The van der Waals surface area contributed by atoms with Crippen molar-refractivity contribution < 1.29 is 4.42 Å². The highest BCUT2D eigenvalue weighted by molar-refractivity contribution is 5.11. The van der Waals surface area contributed by atoms with Gasteiger partial charge < -0.3 is 9.73 Å². The van der Waals surface area contributed by atoms with Gasteiger partial charge in [-0.1, -0.05) is 32.6 Å². The van der Waals surface area contributed by atoms with Gasteiger partial charge >= 0.3 is 0 Å². The molecule has 0 saturated heterocycles. The highest BCUT2D eigenvalue weighted by Crippen LogP contribution is 2.31. The van der Waals surface area contributed by atoms with E-state index < -0.39 is 0 Å². The van der Waals surface area contributed by atoms with Crippen LogP contribution in [0.2, 0.25) is 0 Å². The van der Waals surface area contributed by atoms with Crippen molar-refractivity contribution in [3.63, 3.8) is 0 Å². The maximum absolute atomic E-state index is 5.17. The lowest BCUT2D eigenvalue weighted by Gasteiger charge is -2.18. The van der Waals surface area contributed by atoms with E-state index in [1.165, 1.54) is 44.1 Å². The van der Waals surface area contributed by atoms with E-state index in [-0.39, 0.29) is 0 Å². The maximum Gasteiger partial charge on any atom is 0.0950 e. The van der Waals surface area contributed by atoms with E-state index in [1.54, 1.807) is 6.26 Å². The van der Waals surface area contributed by atoms with Crippen LogP contribution in [0.3, 0.4) is 0 Å². The molecule has 0 bridgehead atoms. The highest BCUT2D eigenvalue weighted by atomic mass is 16.3. The van der Waals surface area contributed by atoms with E-state index in [0.717, 1.165) is 12.5 Å². The minimum atomic E-state index is 0.490. The summed E-state index contributed by atoms with van der Waals surface area (Å²) in [7, 11) is 0. The molecule has 1 aromatic rings. The molecule has 0 aromatic carbocycles. The zero-order valence-electron chi connectivity index (χ0n) is 10.2. The lowest BCUT2D eigenvalue weighted by Crippen LogP contribution is -2.21. The Labute approximate surface area is 98.4 Å². The number of nitrogens with one attached hydrogen (secondary N) is 1. The van der Waals surface area contributed by atoms with E-state index in [4.69, 9.17) is 4.42 Å². The first-order valence-electron chi connectivity index (χ1n) is 6.65. The van der Waals surface area contributed by atoms with Gasteiger partial charge in [-0.15, -0.1) is 0 Å². The Balaban J connectivity index is 1.82. The summed E-state index contributed by atoms with van der Waals surface area (Å²) >= 11 is 0. The Morgan fingerprint density at radius 2 is 2.25 bits per heavy atom. The second-order valence-corrected chi connectivity index (χ2v) is 4.89. The van der Waals surface area contributed by atoms with Gasteiger partial charge in [0, 0.05) is 11.6 Å². The fourth-order valence-corrected chi connectivity index (χ4v) is 2.81. The van der Waals surface area contributed by atoms with Crippen LogP contribution in [0.5, 0.6) is 0 Å². The molecule has 0 aliphatic heterocycles. The van der Waals surface area contributed by atoms with Crippen molar-refractivity contribution in [2.24, 2.45) is 5.92 Å². The third-order valence-corrected chi connectivity index (χ3v) is 3.73. The third kappa shape index (κ3) is 3.11. The van der Waals surface area contributed by atoms with E-state index in [9.17, 15) is 0 Å². The standard InChI is InChI=1S/C14H23NO/c1-2-15-14(13-9-10-16-11-13)8-7-12-5-3-4-6-12/h9-12,14-15H,2-8H2,1H3. The topological polar surface area (TPSA) is 25.2 Å². The third-order valence-electron chi connectivity index (χ3n) is 3.73. The predicted molar refractivity (Wildman–Crippen MR) is 66.3 cm³/mol. The smallest absolute Gasteiger partial charge is 0.0950 e. The van der Waals surface area contributed by atoms with Gasteiger partial charge in [-0.25, -0.2) is 0 Å². The molecule has 0 amide bonds. The second-order valence-electron chi connectivity index (χ2n) is 4.89. The summed E-state index contributed by atoms with van der Waals surface area (Å²) in [5.41, 5.74) is 1.31. The molecule has 1 aromatic heterocycles. The van der Waals surface area contributed by atoms with E-state index >= 15 is 0 Å². The summed E-state index contributed by atoms with van der Waals surface area (Å²) in [4.78, 5) is 0. The second kappa shape index (κ2) is 6.09. The van der Waals surface area contributed by atoms with Crippen molar-refractivity contribution in [2.45, 2.75) is 51.5 Å². The summed E-state index contributed by atoms with van der Waals surface area (Å²) in [5, 5.41) is 3.55. The molecular formula is C14H23NO. The molecule has 16 heavy (non-hydrogen) atoms. The number of hydrogen-bond donors (Lipinski definition) is 1. The van der Waals surface area contributed by atoms with Gasteiger partial charge in [-0.3, -0.25) is 0 Å². The zero-order valence-corrected chi connectivity index (χ0v) is 10.2. The lowest BCUT2D eigenvalue weighted by atomic mass is 9.96. The molecule has 1 unspecified atom stereocenters. The zero-order chi connectivity index (χ0) is 11.2. The van der Waals surface area contributed by atoms with Crippen molar-refractivity contribution >= 4 is 0 Å². The molecule has 2 heteroatoms. The molecular weight excluding hydrogens is 198 g/mol. The molecule has 1 N–H and O–H groups in total. The molecule has 1 saturated carbocycles. The fraction of sp³-hybridized carbons (Fsp3) is 0.714. The van der Waals surface area contributed by atoms with Gasteiger partial charge in [0.15, 0.2) is 0 Å². The number of rotatable bonds is 6. The largest absolute Gasteiger partial charge is 0.472 e. The van der Waals surface area contributed by atoms with Gasteiger partial charge in [0.05, 0.1) is 12.5 Å². The molecule has 1 aliphatic carbocycles. The van der Waals surface area contributed by atoms with Crippen LogP contribution < -0.4 is 5.32 Å². The Kier molecular flexibility index (Phi) is 4.46. The molecule has 2 rings (SSSR count). The summed E-state index contributed by atoms with van der Waals surface area (Å²) in [6, 6.07) is 2.58. The molecule has 2 nitrogen and oxygen atoms in total. The summed E-state index contributed by atoms with van der Waals surface area (Å²) in [5.74, 6) is 0.980. The van der Waals surface area contributed by atoms with Gasteiger partial charge in [0.25, 0.3) is 0 Å². The van der Waals surface area contributed by atoms with Crippen LogP contribution in [0.25, 0.3) is 0 Å². The Morgan fingerprint density at radius 3 is 2.88 bits per heavy atom. The molecule has 0 spiro atoms. The first-order valence-corrected chi connectivity index (χ1v) is 6.65. The van der Waals surface area contributed by atoms with Crippen LogP contribution in [-0.2, 0) is 0 Å². The Hall–Kier alpha value is -0.760. The van der Waals surface area contributed by atoms with Gasteiger partial charge in [-0.05, 0) is 31.4 Å². The van der Waals surface area contributed by atoms with Crippen molar-refractivity contribution in [1.29, 1.82) is 0 Å². The van der Waals surface area contributed by atoms with Crippen LogP contribution in [-0.4, -0.2) is 6.54 Å². The van der Waals surface area contributed by atoms with E-state index in [0.29, 0.717) is 6.04 Å². The van der Waals surface area contributed by atoms with Crippen LogP contribution in [0.15, 0.2) is 23.0 Å². The molecule has 1 fully saturated rings. The van der Waals surface area contributed by atoms with Crippen molar-refractivity contribution in [1.82, 2.24) is 5.32 Å². The van der Waals surface area contributed by atoms with Crippen molar-refractivity contribution in [3.05, 3.63) is 24.2 Å². The van der Waals surface area contributed by atoms with Crippen molar-refractivity contribution in [3.8, 4) is 0 Å². The normalized spacial score (nSPS) is 19.1. The average molecular weight is 221 g/mol. The van der Waals surface area contributed by atoms with E-state index in [1.807, 2.05) is 6.26 Å². The molecule has 0 radical (unpaired) electrons. The average Bonchev–Trinajstić information content (AvgIpc) is 2.96. The van der Waals surface area contributed by atoms with Gasteiger partial charge in [-0.2, -0.15) is 0 Å². The number of furan rings is 1. The molecule has 1 aliphatic rings. The Morgan fingerprint density at radius 1 is 1.44 bits per heavy atom. The monoisotopic (exact) mass is 221 g/mol. The highest BCUT2D eigenvalue weighted by Gasteiger charge is 2.18. The summed E-state index contributed by atoms with van der Waals surface area (Å²) in [6.07, 6.45) is 12.1. The first-order chi connectivity index (χ1) is 7.90. The Bertz CT molecular complexity index is 275. The van der Waals surface area contributed by atoms with Crippen LogP contribution in [0, 0.1) is 5.92 Å². The summed E-state index contributed by atoms with van der Waals surface area (Å²) in [6.45, 7) is 3.20. The van der Waals surface area contributed by atoms with Crippen molar-refractivity contribution in [2.75, 3.05) is 6.54 Å². The lowest BCUT2D eigenvalue weighted by molar-refractivity contribution is 0.414. The SMILES string of the molecule is CCNC(CCC1CCCC1)c1ccoc1. The van der Waals surface area contributed by atoms with Crippen LogP contribution >= 0.6 is 0 Å². The quantitative estimate of drug-likeness (QED) is 0.788. The predicted octanol–water partition coefficient (Wildman–Crippen LogP) is 3.90. The first kappa shape index (κ1) is 11.7. The fourth-order valence-electron chi connectivity index (χ4n) is 2.81. The minimum Gasteiger partial charge on any atom is -0.472 e. The molecule has 1 atom stereocenters. The summed E-state index contributed by atoms with van der Waals surface area (Å²) < 4.78 is 5.17. The minimum absolute atomic E-state index is 0.490. The number of hydrogen-bond acceptors (Lipinski definition) is 2. The van der Waals surface area contributed by atoms with E-state index in [2.05, 4.69) is 18.3 Å². The molecule has 1 heterocycles. The maximum atomic E-state index is 5.17. The molecule has 90 valence electrons.